The van der Waals surface area contributed by atoms with E-state index < -0.39 is 5.56 Å². The van der Waals surface area contributed by atoms with Crippen LogP contribution in [-0.2, 0) is 6.54 Å². The van der Waals surface area contributed by atoms with Crippen LogP contribution in [0.15, 0.2) is 35.1 Å². The van der Waals surface area contributed by atoms with Crippen LogP contribution in [-0.4, -0.2) is 22.7 Å². The number of benzene rings is 1. The second-order valence-electron chi connectivity index (χ2n) is 3.92. The van der Waals surface area contributed by atoms with Crippen molar-refractivity contribution in [2.24, 2.45) is 0 Å². The Kier molecular flexibility index (Phi) is 4.42. The number of methoxy groups -OCH3 is 1. The number of ketones is 1. The molecule has 0 N–H and O–H groups in total. The predicted octanol–water partition coefficient (Wildman–Crippen LogP) is 2.44. The summed E-state index contributed by atoms with van der Waals surface area (Å²) in [6.45, 7) is -0.240. The zero-order chi connectivity index (χ0) is 14.7. The highest BCUT2D eigenvalue weighted by Crippen LogP contribution is 2.21. The molecule has 0 bridgehead atoms. The van der Waals surface area contributed by atoms with E-state index in [-0.39, 0.29) is 28.8 Å². The van der Waals surface area contributed by atoms with Gasteiger partial charge in [-0.3, -0.25) is 9.59 Å². The third kappa shape index (κ3) is 3.18. The van der Waals surface area contributed by atoms with Gasteiger partial charge in [-0.25, -0.2) is 4.68 Å². The van der Waals surface area contributed by atoms with Gasteiger partial charge in [-0.05, 0) is 18.2 Å². The van der Waals surface area contributed by atoms with Crippen LogP contribution in [0.2, 0.25) is 10.0 Å². The van der Waals surface area contributed by atoms with E-state index in [2.05, 4.69) is 5.10 Å². The summed E-state index contributed by atoms with van der Waals surface area (Å²) in [4.78, 5) is 23.8. The predicted molar refractivity (Wildman–Crippen MR) is 75.8 cm³/mol. The third-order valence-electron chi connectivity index (χ3n) is 2.57. The second-order valence-corrected chi connectivity index (χ2v) is 4.76. The molecule has 0 amide bonds. The minimum Gasteiger partial charge on any atom is -0.480 e. The first-order valence-electron chi connectivity index (χ1n) is 5.61. The molecule has 0 saturated carbocycles. The van der Waals surface area contributed by atoms with Gasteiger partial charge in [0, 0.05) is 22.7 Å². The number of nitrogens with zero attached hydrogens (tertiary/aromatic N) is 2. The fraction of sp³-hybridized carbons (Fsp3) is 0.154. The molecule has 0 spiro atoms. The van der Waals surface area contributed by atoms with Crippen molar-refractivity contribution in [1.82, 2.24) is 9.78 Å². The zero-order valence-corrected chi connectivity index (χ0v) is 12.0. The monoisotopic (exact) mass is 312 g/mol. The summed E-state index contributed by atoms with van der Waals surface area (Å²) >= 11 is 11.8. The lowest BCUT2D eigenvalue weighted by Crippen LogP contribution is -2.26. The van der Waals surface area contributed by atoms with E-state index in [4.69, 9.17) is 27.9 Å². The highest BCUT2D eigenvalue weighted by atomic mass is 35.5. The molecule has 5 nitrogen and oxygen atoms in total. The maximum Gasteiger partial charge on any atom is 0.267 e. The van der Waals surface area contributed by atoms with Crippen LogP contribution in [0.1, 0.15) is 10.4 Å². The quantitative estimate of drug-likeness (QED) is 0.814. The summed E-state index contributed by atoms with van der Waals surface area (Å²) in [5.74, 6) is -0.116. The van der Waals surface area contributed by atoms with Crippen molar-refractivity contribution < 1.29 is 9.53 Å². The van der Waals surface area contributed by atoms with Crippen molar-refractivity contribution in [3.8, 4) is 5.88 Å². The second kappa shape index (κ2) is 6.07. The minimum absolute atomic E-state index is 0.240. The Labute approximate surface area is 124 Å². The Morgan fingerprint density at radius 1 is 1.30 bits per heavy atom. The maximum absolute atomic E-state index is 12.2. The molecule has 104 valence electrons. The molecule has 0 fully saturated rings. The highest BCUT2D eigenvalue weighted by molar-refractivity contribution is 6.35. The highest BCUT2D eigenvalue weighted by Gasteiger charge is 2.13. The molecular weight excluding hydrogens is 303 g/mol. The Bertz CT molecular complexity index is 713. The van der Waals surface area contributed by atoms with Crippen LogP contribution in [0.4, 0.5) is 0 Å². The standard InChI is InChI=1S/C13H10Cl2N2O3/c1-20-12-4-5-13(19)17(16-12)7-11(18)9-6-8(14)2-3-10(9)15/h2-6H,7H2,1H3. The summed E-state index contributed by atoms with van der Waals surface area (Å²) in [5, 5.41) is 4.56. The number of hydrogen-bond donors (Lipinski definition) is 0. The van der Waals surface area contributed by atoms with E-state index in [1.165, 1.54) is 31.4 Å². The number of carbonyl (C=O) groups excluding carboxylic acids is 1. The van der Waals surface area contributed by atoms with Crippen molar-refractivity contribution in [3.05, 3.63) is 56.3 Å². The van der Waals surface area contributed by atoms with Gasteiger partial charge in [0.25, 0.3) is 5.56 Å². The first kappa shape index (κ1) is 14.6. The molecule has 20 heavy (non-hydrogen) atoms. The molecule has 0 aliphatic rings. The van der Waals surface area contributed by atoms with Gasteiger partial charge in [0.1, 0.15) is 6.54 Å². The van der Waals surface area contributed by atoms with E-state index in [0.29, 0.717) is 5.02 Å². The number of aromatic nitrogens is 2. The van der Waals surface area contributed by atoms with Gasteiger partial charge in [0.2, 0.25) is 5.88 Å². The molecule has 1 aromatic carbocycles. The lowest BCUT2D eigenvalue weighted by molar-refractivity contribution is 0.0965. The van der Waals surface area contributed by atoms with Crippen LogP contribution < -0.4 is 10.3 Å². The molecule has 0 atom stereocenters. The molecule has 0 aliphatic carbocycles. The fourth-order valence-electron chi connectivity index (χ4n) is 1.58. The molecule has 1 aromatic heterocycles. The van der Waals surface area contributed by atoms with Crippen LogP contribution in [0.25, 0.3) is 0 Å². The van der Waals surface area contributed by atoms with Gasteiger partial charge < -0.3 is 4.74 Å². The molecule has 0 unspecified atom stereocenters. The van der Waals surface area contributed by atoms with E-state index in [1.807, 2.05) is 0 Å². The average molecular weight is 313 g/mol. The molecular formula is C13H10Cl2N2O3. The molecule has 0 radical (unpaired) electrons. The molecule has 7 heteroatoms. The van der Waals surface area contributed by atoms with Gasteiger partial charge in [0.05, 0.1) is 12.1 Å². The number of hydrogen-bond acceptors (Lipinski definition) is 4. The lowest BCUT2D eigenvalue weighted by Gasteiger charge is -2.07. The molecule has 0 saturated heterocycles. The zero-order valence-electron chi connectivity index (χ0n) is 10.5. The molecule has 2 rings (SSSR count). The topological polar surface area (TPSA) is 61.2 Å². The van der Waals surface area contributed by atoms with Crippen molar-refractivity contribution >= 4 is 29.0 Å². The van der Waals surface area contributed by atoms with Crippen LogP contribution in [0, 0.1) is 0 Å². The number of ether oxygens (including phenoxy) is 1. The average Bonchev–Trinajstić information content (AvgIpc) is 2.43. The van der Waals surface area contributed by atoms with Gasteiger partial charge >= 0.3 is 0 Å². The number of halogens is 2. The summed E-state index contributed by atoms with van der Waals surface area (Å²) in [6.07, 6.45) is 0. The summed E-state index contributed by atoms with van der Waals surface area (Å²) in [5.41, 5.74) is -0.159. The van der Waals surface area contributed by atoms with Crippen molar-refractivity contribution in [1.29, 1.82) is 0 Å². The van der Waals surface area contributed by atoms with Crippen molar-refractivity contribution in [2.75, 3.05) is 7.11 Å². The number of Topliss-reactive ketones (excluding diaryl/α,β-unsaturated/α-hetero) is 1. The van der Waals surface area contributed by atoms with Gasteiger partial charge in [0.15, 0.2) is 5.78 Å². The molecule has 1 heterocycles. The minimum atomic E-state index is -0.405. The Balaban J connectivity index is 2.32. The largest absolute Gasteiger partial charge is 0.480 e. The summed E-state index contributed by atoms with van der Waals surface area (Å²) < 4.78 is 5.92. The van der Waals surface area contributed by atoms with E-state index >= 15 is 0 Å². The van der Waals surface area contributed by atoms with E-state index in [9.17, 15) is 9.59 Å². The number of carbonyl (C=O) groups is 1. The lowest BCUT2D eigenvalue weighted by atomic mass is 10.1. The van der Waals surface area contributed by atoms with Crippen molar-refractivity contribution in [2.45, 2.75) is 6.54 Å². The third-order valence-corrected chi connectivity index (χ3v) is 3.14. The van der Waals surface area contributed by atoms with E-state index in [1.54, 1.807) is 6.07 Å². The maximum atomic E-state index is 12.2. The first-order chi connectivity index (χ1) is 9.51. The smallest absolute Gasteiger partial charge is 0.267 e. The molecule has 2 aromatic rings. The van der Waals surface area contributed by atoms with Crippen LogP contribution in [0.3, 0.4) is 0 Å². The van der Waals surface area contributed by atoms with Crippen LogP contribution >= 0.6 is 23.2 Å². The Morgan fingerprint density at radius 2 is 2.05 bits per heavy atom. The van der Waals surface area contributed by atoms with Gasteiger partial charge in [-0.2, -0.15) is 0 Å². The normalized spacial score (nSPS) is 10.3. The summed E-state index contributed by atoms with van der Waals surface area (Å²) in [7, 11) is 1.42. The fourth-order valence-corrected chi connectivity index (χ4v) is 1.98. The van der Waals surface area contributed by atoms with E-state index in [0.717, 1.165) is 4.68 Å². The first-order valence-corrected chi connectivity index (χ1v) is 6.37. The van der Waals surface area contributed by atoms with Gasteiger partial charge in [-0.15, -0.1) is 5.10 Å². The Morgan fingerprint density at radius 3 is 2.75 bits per heavy atom. The van der Waals surface area contributed by atoms with Crippen molar-refractivity contribution in [3.63, 3.8) is 0 Å². The summed E-state index contributed by atoms with van der Waals surface area (Å²) in [6, 6.07) is 7.27. The van der Waals surface area contributed by atoms with Crippen LogP contribution in [0.5, 0.6) is 5.88 Å². The molecule has 0 aliphatic heterocycles. The van der Waals surface area contributed by atoms with Gasteiger partial charge in [-0.1, -0.05) is 23.2 Å². The Hall–Kier alpha value is -1.85. The SMILES string of the molecule is COc1ccc(=O)n(CC(=O)c2cc(Cl)ccc2Cl)n1. The number of rotatable bonds is 4.